The summed E-state index contributed by atoms with van der Waals surface area (Å²) in [6.45, 7) is 3.70. The van der Waals surface area contributed by atoms with Gasteiger partial charge in [-0.2, -0.15) is 0 Å². The maximum Gasteiger partial charge on any atom is 0.268 e. The third kappa shape index (κ3) is 4.94. The standard InChI is InChI=1S/C23H26N2O6S/c1-4-13-31-20-9-5-17(6-10-20)14-24-21(26)15-25-23(27)16(2)22(32(25,28)29)18-7-11-19(30-3)12-8-18/h5-12H,4,13-15H2,1-3H3,(H,24,26). The molecule has 1 aliphatic rings. The van der Waals surface area contributed by atoms with Crippen LogP contribution in [0.2, 0.25) is 0 Å². The molecule has 0 saturated carbocycles. The number of hydrogen-bond donors (Lipinski definition) is 1. The molecule has 0 spiro atoms. The molecular weight excluding hydrogens is 432 g/mol. The molecule has 170 valence electrons. The largest absolute Gasteiger partial charge is 0.497 e. The highest BCUT2D eigenvalue weighted by molar-refractivity contribution is 7.99. The number of nitrogens with one attached hydrogen (secondary N) is 1. The maximum atomic E-state index is 13.0. The Hall–Kier alpha value is -3.33. The molecule has 9 heteroatoms. The van der Waals surface area contributed by atoms with Crippen molar-refractivity contribution in [2.24, 2.45) is 0 Å². The van der Waals surface area contributed by atoms with Crippen LogP contribution < -0.4 is 14.8 Å². The lowest BCUT2D eigenvalue weighted by Crippen LogP contribution is -2.40. The van der Waals surface area contributed by atoms with Gasteiger partial charge in [0.05, 0.1) is 13.7 Å². The van der Waals surface area contributed by atoms with Crippen LogP contribution in [-0.2, 0) is 26.2 Å². The molecule has 2 aromatic carbocycles. The maximum absolute atomic E-state index is 13.0. The summed E-state index contributed by atoms with van der Waals surface area (Å²) in [5.41, 5.74) is 1.27. The molecule has 2 aromatic rings. The van der Waals surface area contributed by atoms with Crippen LogP contribution in [0, 0.1) is 0 Å². The third-order valence-electron chi connectivity index (χ3n) is 4.96. The number of benzene rings is 2. The molecule has 1 heterocycles. The highest BCUT2D eigenvalue weighted by atomic mass is 32.2. The Morgan fingerprint density at radius 1 is 1.03 bits per heavy atom. The SMILES string of the molecule is CCCOc1ccc(CNC(=O)CN2C(=O)C(C)=C(c3ccc(OC)cc3)S2(=O)=O)cc1. The van der Waals surface area contributed by atoms with E-state index in [0.717, 1.165) is 17.7 Å². The molecule has 8 nitrogen and oxygen atoms in total. The number of amides is 2. The van der Waals surface area contributed by atoms with Gasteiger partial charge in [-0.3, -0.25) is 9.59 Å². The second kappa shape index (κ2) is 9.86. The van der Waals surface area contributed by atoms with Gasteiger partial charge in [0.1, 0.15) is 22.9 Å². The predicted molar refractivity (Wildman–Crippen MR) is 120 cm³/mol. The van der Waals surface area contributed by atoms with E-state index in [-0.39, 0.29) is 17.0 Å². The van der Waals surface area contributed by atoms with Crippen molar-refractivity contribution in [2.45, 2.75) is 26.8 Å². The molecule has 1 N–H and O–H groups in total. The van der Waals surface area contributed by atoms with Gasteiger partial charge in [0.15, 0.2) is 0 Å². The van der Waals surface area contributed by atoms with Gasteiger partial charge in [-0.15, -0.1) is 0 Å². The normalized spacial score (nSPS) is 15.1. The lowest BCUT2D eigenvalue weighted by Gasteiger charge is -2.16. The van der Waals surface area contributed by atoms with E-state index in [4.69, 9.17) is 9.47 Å². The van der Waals surface area contributed by atoms with Crippen LogP contribution in [0.4, 0.5) is 0 Å². The molecule has 32 heavy (non-hydrogen) atoms. The minimum atomic E-state index is -4.15. The molecule has 3 rings (SSSR count). The quantitative estimate of drug-likeness (QED) is 0.620. The number of hydrogen-bond acceptors (Lipinski definition) is 6. The molecule has 0 unspecified atom stereocenters. The molecular formula is C23H26N2O6S. The number of carbonyl (C=O) groups excluding carboxylic acids is 2. The number of nitrogens with zero attached hydrogens (tertiary/aromatic N) is 1. The highest BCUT2D eigenvalue weighted by Gasteiger charge is 2.43. The average molecular weight is 459 g/mol. The van der Waals surface area contributed by atoms with Gasteiger partial charge >= 0.3 is 0 Å². The fraction of sp³-hybridized carbons (Fsp3) is 0.304. The van der Waals surface area contributed by atoms with E-state index in [1.54, 1.807) is 36.4 Å². The first-order chi connectivity index (χ1) is 15.3. The minimum absolute atomic E-state index is 0.0747. The summed E-state index contributed by atoms with van der Waals surface area (Å²) in [6, 6.07) is 13.6. The number of methoxy groups -OCH3 is 1. The van der Waals surface area contributed by atoms with Crippen molar-refractivity contribution >= 4 is 26.7 Å². The summed E-state index contributed by atoms with van der Waals surface area (Å²) in [5, 5.41) is 2.66. The predicted octanol–water partition coefficient (Wildman–Crippen LogP) is 2.70. The summed E-state index contributed by atoms with van der Waals surface area (Å²) in [7, 11) is -2.64. The molecule has 0 saturated heterocycles. The molecule has 0 radical (unpaired) electrons. The fourth-order valence-corrected chi connectivity index (χ4v) is 5.04. The molecule has 2 amide bonds. The van der Waals surface area contributed by atoms with E-state index in [1.165, 1.54) is 14.0 Å². The number of rotatable bonds is 9. The zero-order chi connectivity index (χ0) is 23.3. The van der Waals surface area contributed by atoms with E-state index in [1.807, 2.05) is 19.1 Å². The van der Waals surface area contributed by atoms with Gasteiger partial charge in [-0.1, -0.05) is 19.1 Å². The smallest absolute Gasteiger partial charge is 0.268 e. The molecule has 0 aromatic heterocycles. The van der Waals surface area contributed by atoms with Crippen LogP contribution in [0.1, 0.15) is 31.4 Å². The topological polar surface area (TPSA) is 102 Å². The summed E-state index contributed by atoms with van der Waals surface area (Å²) in [6.07, 6.45) is 0.907. The summed E-state index contributed by atoms with van der Waals surface area (Å²) < 4.78 is 37.3. The van der Waals surface area contributed by atoms with Crippen LogP contribution in [0.25, 0.3) is 4.91 Å². The molecule has 0 atom stereocenters. The number of ether oxygens (including phenoxy) is 2. The van der Waals surface area contributed by atoms with Crippen molar-refractivity contribution in [1.82, 2.24) is 9.62 Å². The van der Waals surface area contributed by atoms with Crippen LogP contribution >= 0.6 is 0 Å². The van der Waals surface area contributed by atoms with Crippen molar-refractivity contribution in [3.63, 3.8) is 0 Å². The molecule has 0 bridgehead atoms. The van der Waals surface area contributed by atoms with Gasteiger partial charge in [0.25, 0.3) is 15.9 Å². The van der Waals surface area contributed by atoms with Crippen LogP contribution in [-0.4, -0.2) is 44.8 Å². The second-order valence-corrected chi connectivity index (χ2v) is 9.07. The monoisotopic (exact) mass is 458 g/mol. The summed E-state index contributed by atoms with van der Waals surface area (Å²) >= 11 is 0. The Balaban J connectivity index is 1.65. The third-order valence-corrected chi connectivity index (χ3v) is 6.89. The van der Waals surface area contributed by atoms with E-state index >= 15 is 0 Å². The number of carbonyl (C=O) groups is 2. The van der Waals surface area contributed by atoms with E-state index in [2.05, 4.69) is 5.32 Å². The summed E-state index contributed by atoms with van der Waals surface area (Å²) in [5.74, 6) is 0.0265. The van der Waals surface area contributed by atoms with Crippen molar-refractivity contribution in [1.29, 1.82) is 0 Å². The van der Waals surface area contributed by atoms with Crippen molar-refractivity contribution in [3.8, 4) is 11.5 Å². The lowest BCUT2D eigenvalue weighted by atomic mass is 10.1. The Morgan fingerprint density at radius 3 is 2.25 bits per heavy atom. The van der Waals surface area contributed by atoms with Crippen molar-refractivity contribution < 1.29 is 27.5 Å². The number of sulfonamides is 1. The second-order valence-electron chi connectivity index (χ2n) is 7.27. The van der Waals surface area contributed by atoms with Gasteiger partial charge in [0.2, 0.25) is 5.91 Å². The van der Waals surface area contributed by atoms with Gasteiger partial charge in [0, 0.05) is 12.1 Å². The Labute approximate surface area is 187 Å². The van der Waals surface area contributed by atoms with Gasteiger partial charge in [-0.25, -0.2) is 12.7 Å². The lowest BCUT2D eigenvalue weighted by molar-refractivity contribution is -0.128. The first kappa shape index (κ1) is 23.3. The summed E-state index contributed by atoms with van der Waals surface area (Å²) in [4.78, 5) is 25.0. The molecule has 1 aliphatic heterocycles. The molecule has 0 aliphatic carbocycles. The van der Waals surface area contributed by atoms with Crippen LogP contribution in [0.5, 0.6) is 11.5 Å². The zero-order valence-electron chi connectivity index (χ0n) is 18.3. The highest BCUT2D eigenvalue weighted by Crippen LogP contribution is 2.35. The Bertz CT molecular complexity index is 1120. The van der Waals surface area contributed by atoms with E-state index in [0.29, 0.717) is 22.2 Å². The van der Waals surface area contributed by atoms with E-state index in [9.17, 15) is 18.0 Å². The zero-order valence-corrected chi connectivity index (χ0v) is 19.1. The first-order valence-electron chi connectivity index (χ1n) is 10.2. The van der Waals surface area contributed by atoms with Crippen LogP contribution in [0.3, 0.4) is 0 Å². The minimum Gasteiger partial charge on any atom is -0.497 e. The fourth-order valence-electron chi connectivity index (χ4n) is 3.27. The average Bonchev–Trinajstić information content (AvgIpc) is 2.96. The van der Waals surface area contributed by atoms with E-state index < -0.39 is 28.4 Å². The Kier molecular flexibility index (Phi) is 7.19. The van der Waals surface area contributed by atoms with Crippen molar-refractivity contribution in [2.75, 3.05) is 20.3 Å². The first-order valence-corrected chi connectivity index (χ1v) is 11.6. The van der Waals surface area contributed by atoms with Crippen LogP contribution in [0.15, 0.2) is 54.1 Å². The Morgan fingerprint density at radius 2 is 1.66 bits per heavy atom. The van der Waals surface area contributed by atoms with Gasteiger partial charge in [-0.05, 0) is 60.9 Å². The van der Waals surface area contributed by atoms with Crippen molar-refractivity contribution in [3.05, 3.63) is 65.2 Å². The van der Waals surface area contributed by atoms with Gasteiger partial charge < -0.3 is 14.8 Å². The molecule has 0 fully saturated rings.